The summed E-state index contributed by atoms with van der Waals surface area (Å²) in [7, 11) is 0. The van der Waals surface area contributed by atoms with Crippen LogP contribution in [0.15, 0.2) is 0 Å². The second-order valence-electron chi connectivity index (χ2n) is 6.59. The van der Waals surface area contributed by atoms with Gasteiger partial charge in [-0.25, -0.2) is 0 Å². The van der Waals surface area contributed by atoms with Crippen molar-refractivity contribution in [3.63, 3.8) is 0 Å². The number of hydrogen-bond donors (Lipinski definition) is 2. The maximum atomic E-state index is 11.9. The molecule has 1 saturated carbocycles. The molecule has 1 aliphatic carbocycles. The first kappa shape index (κ1) is 15.5. The van der Waals surface area contributed by atoms with Gasteiger partial charge in [0, 0.05) is 13.1 Å². The minimum atomic E-state index is -0.0756. The minimum Gasteiger partial charge on any atom is -0.355 e. The Bertz CT molecular complexity index is 270. The van der Waals surface area contributed by atoms with Crippen molar-refractivity contribution in [2.45, 2.75) is 59.9 Å². The van der Waals surface area contributed by atoms with Crippen molar-refractivity contribution in [2.75, 3.05) is 13.1 Å². The zero-order valence-electron chi connectivity index (χ0n) is 12.7. The molecular formula is C15H30N2O. The predicted octanol–water partition coefficient (Wildman–Crippen LogP) is 2.56. The standard InChI is InChI=1S/C15H30N2O/c1-11(2)6-9-16-14(18)13(5)17-10-15(7-8-15)12(3)4/h11-13,17H,6-10H2,1-5H3,(H,16,18). The van der Waals surface area contributed by atoms with Crippen molar-refractivity contribution in [2.24, 2.45) is 17.3 Å². The largest absolute Gasteiger partial charge is 0.355 e. The van der Waals surface area contributed by atoms with E-state index in [4.69, 9.17) is 0 Å². The van der Waals surface area contributed by atoms with Crippen LogP contribution in [0.1, 0.15) is 53.9 Å². The van der Waals surface area contributed by atoms with Gasteiger partial charge in [-0.1, -0.05) is 27.7 Å². The lowest BCUT2D eigenvalue weighted by molar-refractivity contribution is -0.122. The van der Waals surface area contributed by atoms with Gasteiger partial charge in [-0.05, 0) is 43.4 Å². The van der Waals surface area contributed by atoms with E-state index in [1.54, 1.807) is 0 Å². The molecule has 0 spiro atoms. The average molecular weight is 254 g/mol. The lowest BCUT2D eigenvalue weighted by atomic mass is 9.92. The van der Waals surface area contributed by atoms with Crippen LogP contribution in [0.25, 0.3) is 0 Å². The number of hydrogen-bond acceptors (Lipinski definition) is 2. The van der Waals surface area contributed by atoms with Crippen LogP contribution in [0, 0.1) is 17.3 Å². The molecule has 3 heteroatoms. The second-order valence-corrected chi connectivity index (χ2v) is 6.59. The first-order valence-corrected chi connectivity index (χ1v) is 7.38. The molecule has 1 rings (SSSR count). The lowest BCUT2D eigenvalue weighted by Gasteiger charge is -2.23. The van der Waals surface area contributed by atoms with Crippen molar-refractivity contribution in [1.82, 2.24) is 10.6 Å². The van der Waals surface area contributed by atoms with Gasteiger partial charge in [-0.2, -0.15) is 0 Å². The SMILES string of the molecule is CC(C)CCNC(=O)C(C)NCC1(C(C)C)CC1. The van der Waals surface area contributed by atoms with Crippen LogP contribution in [0.5, 0.6) is 0 Å². The summed E-state index contributed by atoms with van der Waals surface area (Å²) in [5.74, 6) is 1.49. The predicted molar refractivity (Wildman–Crippen MR) is 76.4 cm³/mol. The molecular weight excluding hydrogens is 224 g/mol. The van der Waals surface area contributed by atoms with Crippen molar-refractivity contribution in [3.05, 3.63) is 0 Å². The fraction of sp³-hybridized carbons (Fsp3) is 0.933. The summed E-state index contributed by atoms with van der Waals surface area (Å²) in [6.07, 6.45) is 3.66. The van der Waals surface area contributed by atoms with E-state index < -0.39 is 0 Å². The van der Waals surface area contributed by atoms with Crippen LogP contribution in [0.4, 0.5) is 0 Å². The fourth-order valence-electron chi connectivity index (χ4n) is 2.20. The molecule has 1 aliphatic rings. The highest BCUT2D eigenvalue weighted by Gasteiger charge is 2.45. The topological polar surface area (TPSA) is 41.1 Å². The van der Waals surface area contributed by atoms with Crippen molar-refractivity contribution >= 4 is 5.91 Å². The van der Waals surface area contributed by atoms with Crippen molar-refractivity contribution < 1.29 is 4.79 Å². The zero-order chi connectivity index (χ0) is 13.8. The zero-order valence-corrected chi connectivity index (χ0v) is 12.7. The molecule has 2 N–H and O–H groups in total. The van der Waals surface area contributed by atoms with Gasteiger partial charge < -0.3 is 10.6 Å². The van der Waals surface area contributed by atoms with Gasteiger partial charge >= 0.3 is 0 Å². The molecule has 18 heavy (non-hydrogen) atoms. The van der Waals surface area contributed by atoms with Gasteiger partial charge in [0.25, 0.3) is 0 Å². The first-order chi connectivity index (χ1) is 8.37. The van der Waals surface area contributed by atoms with E-state index in [2.05, 4.69) is 38.3 Å². The highest BCUT2D eigenvalue weighted by Crippen LogP contribution is 2.51. The third-order valence-electron chi connectivity index (χ3n) is 4.29. The molecule has 0 bridgehead atoms. The van der Waals surface area contributed by atoms with Crippen molar-refractivity contribution in [1.29, 1.82) is 0 Å². The Morgan fingerprint density at radius 2 is 1.78 bits per heavy atom. The van der Waals surface area contributed by atoms with E-state index in [9.17, 15) is 4.79 Å². The van der Waals surface area contributed by atoms with E-state index in [0.29, 0.717) is 17.3 Å². The first-order valence-electron chi connectivity index (χ1n) is 7.38. The van der Waals surface area contributed by atoms with E-state index in [1.807, 2.05) is 6.92 Å². The van der Waals surface area contributed by atoms with E-state index in [1.165, 1.54) is 12.8 Å². The number of amides is 1. The molecule has 3 nitrogen and oxygen atoms in total. The van der Waals surface area contributed by atoms with E-state index >= 15 is 0 Å². The molecule has 0 aliphatic heterocycles. The summed E-state index contributed by atoms with van der Waals surface area (Å²) >= 11 is 0. The summed E-state index contributed by atoms with van der Waals surface area (Å²) in [5.41, 5.74) is 0.465. The molecule has 1 unspecified atom stereocenters. The summed E-state index contributed by atoms with van der Waals surface area (Å²) < 4.78 is 0. The Morgan fingerprint density at radius 3 is 2.22 bits per heavy atom. The minimum absolute atomic E-state index is 0.0756. The maximum absolute atomic E-state index is 11.9. The molecule has 0 heterocycles. The van der Waals surface area contributed by atoms with E-state index in [-0.39, 0.29) is 11.9 Å². The number of nitrogens with one attached hydrogen (secondary N) is 2. The third kappa shape index (κ3) is 4.60. The molecule has 1 atom stereocenters. The summed E-state index contributed by atoms with van der Waals surface area (Å²) in [5, 5.41) is 6.39. The highest BCUT2D eigenvalue weighted by atomic mass is 16.2. The van der Waals surface area contributed by atoms with Crippen LogP contribution in [-0.4, -0.2) is 25.0 Å². The van der Waals surface area contributed by atoms with Crippen LogP contribution < -0.4 is 10.6 Å². The van der Waals surface area contributed by atoms with E-state index in [0.717, 1.165) is 19.5 Å². The van der Waals surface area contributed by atoms with Gasteiger partial charge in [0.05, 0.1) is 6.04 Å². The van der Waals surface area contributed by atoms with Gasteiger partial charge in [0.1, 0.15) is 0 Å². The maximum Gasteiger partial charge on any atom is 0.236 e. The summed E-state index contributed by atoms with van der Waals surface area (Å²) in [6.45, 7) is 12.6. The van der Waals surface area contributed by atoms with Gasteiger partial charge in [0.15, 0.2) is 0 Å². The number of carbonyl (C=O) groups is 1. The Kier molecular flexibility index (Phi) is 5.64. The van der Waals surface area contributed by atoms with Crippen LogP contribution in [0.3, 0.4) is 0 Å². The highest BCUT2D eigenvalue weighted by molar-refractivity contribution is 5.81. The molecule has 0 aromatic carbocycles. The lowest BCUT2D eigenvalue weighted by Crippen LogP contribution is -2.45. The Morgan fingerprint density at radius 1 is 1.17 bits per heavy atom. The molecule has 1 fully saturated rings. The second kappa shape index (κ2) is 6.55. The Balaban J connectivity index is 2.20. The van der Waals surface area contributed by atoms with Gasteiger partial charge in [-0.3, -0.25) is 4.79 Å². The monoisotopic (exact) mass is 254 g/mol. The normalized spacial score (nSPS) is 19.1. The number of rotatable bonds is 8. The van der Waals surface area contributed by atoms with Crippen LogP contribution in [-0.2, 0) is 4.79 Å². The third-order valence-corrected chi connectivity index (χ3v) is 4.29. The molecule has 0 radical (unpaired) electrons. The number of carbonyl (C=O) groups excluding carboxylic acids is 1. The summed E-state index contributed by atoms with van der Waals surface area (Å²) in [4.78, 5) is 11.9. The summed E-state index contributed by atoms with van der Waals surface area (Å²) in [6, 6.07) is -0.0756. The molecule has 0 saturated heterocycles. The Hall–Kier alpha value is -0.570. The van der Waals surface area contributed by atoms with Gasteiger partial charge in [-0.15, -0.1) is 0 Å². The molecule has 0 aromatic rings. The molecule has 1 amide bonds. The molecule has 106 valence electrons. The van der Waals surface area contributed by atoms with Crippen LogP contribution in [0.2, 0.25) is 0 Å². The molecule has 0 aromatic heterocycles. The smallest absolute Gasteiger partial charge is 0.236 e. The Labute approximate surface area is 112 Å². The van der Waals surface area contributed by atoms with Crippen LogP contribution >= 0.6 is 0 Å². The quantitative estimate of drug-likeness (QED) is 0.699. The van der Waals surface area contributed by atoms with Gasteiger partial charge in [0.2, 0.25) is 5.91 Å². The van der Waals surface area contributed by atoms with Crippen molar-refractivity contribution in [3.8, 4) is 0 Å². The fourth-order valence-corrected chi connectivity index (χ4v) is 2.20. The average Bonchev–Trinajstić information content (AvgIpc) is 3.06.